The van der Waals surface area contributed by atoms with Crippen molar-refractivity contribution in [2.45, 2.75) is 139 Å². The van der Waals surface area contributed by atoms with Gasteiger partial charge in [-0.3, -0.25) is 14.4 Å². The third-order valence-corrected chi connectivity index (χ3v) is 16.6. The zero-order valence-electron chi connectivity index (χ0n) is 33.2. The van der Waals surface area contributed by atoms with Gasteiger partial charge in [-0.05, 0) is 149 Å². The molecule has 0 saturated heterocycles. The quantitative estimate of drug-likeness (QED) is 0.170. The van der Waals surface area contributed by atoms with E-state index in [-0.39, 0.29) is 64.0 Å². The second-order valence-corrected chi connectivity index (χ2v) is 19.8. The van der Waals surface area contributed by atoms with Crippen molar-refractivity contribution in [3.05, 3.63) is 47.3 Å². The number of nitrogens with one attached hydrogen (secondary N) is 1. The number of hydrogen-bond acceptors (Lipinski definition) is 5. The number of rotatable bonds is 9. The van der Waals surface area contributed by atoms with Gasteiger partial charge >= 0.3 is 17.9 Å². The van der Waals surface area contributed by atoms with Crippen molar-refractivity contribution in [2.75, 3.05) is 0 Å². The van der Waals surface area contributed by atoms with E-state index in [1.807, 2.05) is 0 Å². The van der Waals surface area contributed by atoms with E-state index in [0.29, 0.717) is 23.3 Å². The largest absolute Gasteiger partial charge is 0.481 e. The minimum Gasteiger partial charge on any atom is -0.481 e. The van der Waals surface area contributed by atoms with Gasteiger partial charge in [0, 0.05) is 12.0 Å². The highest BCUT2D eigenvalue weighted by atomic mass is 19.1. The third-order valence-electron chi connectivity index (χ3n) is 16.6. The Morgan fingerprint density at radius 1 is 0.906 bits per heavy atom. The van der Waals surface area contributed by atoms with E-state index < -0.39 is 34.6 Å². The van der Waals surface area contributed by atoms with Crippen LogP contribution in [0.3, 0.4) is 0 Å². The number of allylic oxidation sites excluding steroid dienone is 1. The van der Waals surface area contributed by atoms with Crippen molar-refractivity contribution < 1.29 is 38.5 Å². The lowest BCUT2D eigenvalue weighted by atomic mass is 9.32. The number of amides is 1. The number of carbonyl (C=O) groups excluding carboxylic acids is 2. The van der Waals surface area contributed by atoms with Crippen LogP contribution in [0.15, 0.2) is 30.4 Å². The van der Waals surface area contributed by atoms with Crippen LogP contribution in [0.1, 0.15) is 142 Å². The lowest BCUT2D eigenvalue weighted by Crippen LogP contribution is -2.67. The molecule has 0 heterocycles. The Morgan fingerprint density at radius 3 is 2.25 bits per heavy atom. The van der Waals surface area contributed by atoms with Crippen molar-refractivity contribution in [1.29, 1.82) is 0 Å². The number of carboxylic acids is 2. The normalized spacial score (nSPS) is 38.7. The van der Waals surface area contributed by atoms with E-state index in [1.54, 1.807) is 13.8 Å². The first-order valence-electron chi connectivity index (χ1n) is 19.9. The average Bonchev–Trinajstić information content (AvgIpc) is 3.47. The molecule has 53 heavy (non-hydrogen) atoms. The topological polar surface area (TPSA) is 130 Å². The highest BCUT2D eigenvalue weighted by Crippen LogP contribution is 2.77. The molecular weight excluding hydrogens is 673 g/mol. The smallest absolute Gasteiger partial charge is 0.336 e. The summed E-state index contributed by atoms with van der Waals surface area (Å²) in [6.45, 7) is 21.8. The number of benzene rings is 1. The fraction of sp³-hybridized carbons (Fsp3) is 0.727. The summed E-state index contributed by atoms with van der Waals surface area (Å²) in [5.74, 6) is -1.79. The minimum absolute atomic E-state index is 0.000308. The van der Waals surface area contributed by atoms with Gasteiger partial charge in [-0.2, -0.15) is 0 Å². The molecule has 10 atom stereocenters. The number of halogens is 1. The van der Waals surface area contributed by atoms with Gasteiger partial charge < -0.3 is 20.3 Å². The van der Waals surface area contributed by atoms with Crippen molar-refractivity contribution >= 4 is 23.8 Å². The Kier molecular flexibility index (Phi) is 9.84. The van der Waals surface area contributed by atoms with Gasteiger partial charge in [-0.1, -0.05) is 52.8 Å². The lowest BCUT2D eigenvalue weighted by Gasteiger charge is -2.72. The Morgan fingerprint density at radius 2 is 1.60 bits per heavy atom. The molecule has 3 N–H and O–H groups in total. The van der Waals surface area contributed by atoms with Crippen LogP contribution in [0, 0.1) is 67.9 Å². The molecule has 0 aromatic heterocycles. The molecule has 1 aromatic rings. The highest BCUT2D eigenvalue weighted by Gasteiger charge is 2.72. The van der Waals surface area contributed by atoms with Crippen LogP contribution < -0.4 is 5.32 Å². The van der Waals surface area contributed by atoms with Crippen molar-refractivity contribution in [3.8, 4) is 0 Å². The van der Waals surface area contributed by atoms with Gasteiger partial charge in [0.1, 0.15) is 11.9 Å². The van der Waals surface area contributed by atoms with Crippen molar-refractivity contribution in [1.82, 2.24) is 5.32 Å². The van der Waals surface area contributed by atoms with Gasteiger partial charge in [0.2, 0.25) is 5.91 Å². The number of fused-ring (bicyclic) bond motifs is 7. The molecule has 5 saturated carbocycles. The van der Waals surface area contributed by atoms with Crippen LogP contribution in [-0.2, 0) is 25.7 Å². The van der Waals surface area contributed by atoms with Gasteiger partial charge in [-0.25, -0.2) is 9.18 Å². The van der Waals surface area contributed by atoms with Crippen molar-refractivity contribution in [3.63, 3.8) is 0 Å². The molecule has 8 unspecified atom stereocenters. The molecule has 292 valence electrons. The minimum atomic E-state index is -1.22. The zero-order chi connectivity index (χ0) is 39.1. The number of aromatic carboxylic acids is 1. The number of hydrogen-bond donors (Lipinski definition) is 3. The lowest BCUT2D eigenvalue weighted by molar-refractivity contribution is -0.249. The second kappa shape index (κ2) is 13.2. The zero-order valence-corrected chi connectivity index (χ0v) is 33.2. The number of esters is 1. The molecule has 5 aliphatic carbocycles. The van der Waals surface area contributed by atoms with Gasteiger partial charge in [0.25, 0.3) is 0 Å². The first-order chi connectivity index (χ1) is 24.5. The Bertz CT molecular complexity index is 1700. The van der Waals surface area contributed by atoms with Crippen molar-refractivity contribution in [2.24, 2.45) is 62.1 Å². The van der Waals surface area contributed by atoms with E-state index in [2.05, 4.69) is 53.4 Å². The van der Waals surface area contributed by atoms with E-state index in [1.165, 1.54) is 12.1 Å². The summed E-state index contributed by atoms with van der Waals surface area (Å²) < 4.78 is 20.1. The number of ether oxygens (including phenoxy) is 1. The summed E-state index contributed by atoms with van der Waals surface area (Å²) in [5, 5.41) is 22.5. The fourth-order valence-corrected chi connectivity index (χ4v) is 13.6. The molecule has 6 rings (SSSR count). The molecule has 1 aromatic carbocycles. The third kappa shape index (κ3) is 6.05. The maximum absolute atomic E-state index is 14.5. The number of aliphatic carboxylic acids is 1. The predicted octanol–water partition coefficient (Wildman–Crippen LogP) is 9.21. The molecule has 5 aliphatic rings. The molecule has 1 amide bonds. The van der Waals surface area contributed by atoms with Gasteiger partial charge in [0.15, 0.2) is 0 Å². The SMILES string of the molecule is C=C(C)C1CC[C@]2(C(=O)NCc3ccc(F)cc3C(=O)O)CC[C@]3(C)C(CCC4C5(C)CCC(OC(=O)CC(C)(C)C(=O)O)C(C)(C)C5CCC43C)C12. The van der Waals surface area contributed by atoms with E-state index >= 15 is 0 Å². The standard InChI is InChI=1S/C44H62FNO7/c1-25(2)28-14-19-44(37(50)46-24-26-10-11-27(45)22-29(26)36(48)49)21-20-42(8)30(35(28)44)12-13-32-41(7)17-16-33(53-34(47)23-39(3,4)38(51)52)40(5,6)31(41)15-18-43(32,42)9/h10-11,22,28,30-33,35H,1,12-21,23-24H2,2-9H3,(H,46,50)(H,48,49)(H,51,52)/t28?,30?,31?,32?,33?,35?,41?,42-,43?,44+/m1/s1. The maximum Gasteiger partial charge on any atom is 0.336 e. The van der Waals surface area contributed by atoms with Crippen LogP contribution in [-0.4, -0.2) is 40.1 Å². The van der Waals surface area contributed by atoms with Gasteiger partial charge in [0.05, 0.1) is 22.8 Å². The van der Waals surface area contributed by atoms with Gasteiger partial charge in [-0.15, -0.1) is 0 Å². The summed E-state index contributed by atoms with van der Waals surface area (Å²) >= 11 is 0. The van der Waals surface area contributed by atoms with Crippen LogP contribution in [0.25, 0.3) is 0 Å². The predicted molar refractivity (Wildman–Crippen MR) is 200 cm³/mol. The van der Waals surface area contributed by atoms with Crippen LogP contribution in [0.5, 0.6) is 0 Å². The molecule has 0 bridgehead atoms. The Labute approximate surface area is 315 Å². The highest BCUT2D eigenvalue weighted by molar-refractivity contribution is 5.90. The summed E-state index contributed by atoms with van der Waals surface area (Å²) in [5.41, 5.74) is -0.541. The summed E-state index contributed by atoms with van der Waals surface area (Å²) in [6, 6.07) is 3.71. The molecular formula is C44H62FNO7. The molecule has 0 radical (unpaired) electrons. The number of carbonyl (C=O) groups is 4. The Hall–Kier alpha value is -3.23. The van der Waals surface area contributed by atoms with E-state index in [9.17, 15) is 33.8 Å². The summed E-state index contributed by atoms with van der Waals surface area (Å²) in [4.78, 5) is 51.2. The first kappa shape index (κ1) is 39.5. The first-order valence-corrected chi connectivity index (χ1v) is 19.9. The van der Waals surface area contributed by atoms with Crippen LogP contribution >= 0.6 is 0 Å². The molecule has 0 aliphatic heterocycles. The Balaban J connectivity index is 1.25. The van der Waals surface area contributed by atoms with E-state index in [0.717, 1.165) is 75.8 Å². The van der Waals surface area contributed by atoms with Crippen LogP contribution in [0.2, 0.25) is 0 Å². The maximum atomic E-state index is 14.5. The summed E-state index contributed by atoms with van der Waals surface area (Å²) in [7, 11) is 0. The molecule has 8 nitrogen and oxygen atoms in total. The fourth-order valence-electron chi connectivity index (χ4n) is 13.6. The molecule has 0 spiro atoms. The summed E-state index contributed by atoms with van der Waals surface area (Å²) in [6.07, 6.45) is 8.89. The molecule has 5 fully saturated rings. The molecule has 9 heteroatoms. The van der Waals surface area contributed by atoms with E-state index in [4.69, 9.17) is 4.74 Å². The monoisotopic (exact) mass is 735 g/mol. The number of carboxylic acid groups (broad SMARTS) is 2. The average molecular weight is 736 g/mol. The van der Waals surface area contributed by atoms with Crippen LogP contribution in [0.4, 0.5) is 4.39 Å². The second-order valence-electron chi connectivity index (χ2n) is 19.8.